The highest BCUT2D eigenvalue weighted by molar-refractivity contribution is 6.35. The fraction of sp³-hybridized carbons (Fsp3) is 0.0667. The molecule has 0 saturated heterocycles. The molecule has 2 aromatic carbocycles. The molecule has 0 spiro atoms. The van der Waals surface area contributed by atoms with Gasteiger partial charge in [0, 0.05) is 24.1 Å². The molecule has 124 valence electrons. The standard InChI is InChI=1S/C15H11Cl2N3O4/c1-8(21)18-13-5-2-9(16)6-14(13)19-15(22)11-4-3-10(20(23)24)7-12(11)17/h2-7H,1H3,(H,18,21)(H,19,22). The first-order valence-electron chi connectivity index (χ1n) is 6.60. The van der Waals surface area contributed by atoms with E-state index in [1.54, 1.807) is 6.07 Å². The Labute approximate surface area is 146 Å². The smallest absolute Gasteiger partial charge is 0.270 e. The Bertz CT molecular complexity index is 839. The van der Waals surface area contributed by atoms with E-state index in [0.717, 1.165) is 6.07 Å². The first kappa shape index (κ1) is 17.7. The minimum atomic E-state index is -0.612. The molecule has 0 fully saturated rings. The van der Waals surface area contributed by atoms with Crippen molar-refractivity contribution in [2.45, 2.75) is 6.92 Å². The van der Waals surface area contributed by atoms with E-state index in [4.69, 9.17) is 23.2 Å². The van der Waals surface area contributed by atoms with Crippen LogP contribution in [0.25, 0.3) is 0 Å². The normalized spacial score (nSPS) is 10.1. The molecule has 0 aliphatic carbocycles. The van der Waals surface area contributed by atoms with Crippen molar-refractivity contribution in [3.05, 3.63) is 62.1 Å². The van der Waals surface area contributed by atoms with Gasteiger partial charge in [-0.15, -0.1) is 0 Å². The van der Waals surface area contributed by atoms with Crippen LogP contribution in [0.3, 0.4) is 0 Å². The van der Waals surface area contributed by atoms with Gasteiger partial charge in [-0.2, -0.15) is 0 Å². The highest BCUT2D eigenvalue weighted by atomic mass is 35.5. The summed E-state index contributed by atoms with van der Waals surface area (Å²) in [6.07, 6.45) is 0. The number of amides is 2. The quantitative estimate of drug-likeness (QED) is 0.626. The molecule has 0 aliphatic heterocycles. The molecule has 2 N–H and O–H groups in total. The third kappa shape index (κ3) is 4.21. The third-order valence-electron chi connectivity index (χ3n) is 2.95. The van der Waals surface area contributed by atoms with Gasteiger partial charge in [-0.25, -0.2) is 0 Å². The van der Waals surface area contributed by atoms with Gasteiger partial charge >= 0.3 is 0 Å². The van der Waals surface area contributed by atoms with Crippen molar-refractivity contribution in [3.63, 3.8) is 0 Å². The lowest BCUT2D eigenvalue weighted by Crippen LogP contribution is -2.15. The van der Waals surface area contributed by atoms with Crippen LogP contribution in [0.15, 0.2) is 36.4 Å². The SMILES string of the molecule is CC(=O)Nc1ccc(Cl)cc1NC(=O)c1ccc([N+](=O)[O-])cc1Cl. The van der Waals surface area contributed by atoms with Gasteiger partial charge in [0.25, 0.3) is 11.6 Å². The number of halogens is 2. The number of hydrogen-bond donors (Lipinski definition) is 2. The Morgan fingerprint density at radius 3 is 2.33 bits per heavy atom. The van der Waals surface area contributed by atoms with Crippen LogP contribution in [0.4, 0.5) is 17.1 Å². The molecule has 24 heavy (non-hydrogen) atoms. The van der Waals surface area contributed by atoms with E-state index in [0.29, 0.717) is 10.7 Å². The summed E-state index contributed by atoms with van der Waals surface area (Å²) in [7, 11) is 0. The molecule has 0 bridgehead atoms. The van der Waals surface area contributed by atoms with Gasteiger partial charge in [-0.1, -0.05) is 23.2 Å². The van der Waals surface area contributed by atoms with E-state index in [1.807, 2.05) is 0 Å². The fourth-order valence-electron chi connectivity index (χ4n) is 1.91. The van der Waals surface area contributed by atoms with E-state index in [2.05, 4.69) is 10.6 Å². The Kier molecular flexibility index (Phi) is 5.38. The summed E-state index contributed by atoms with van der Waals surface area (Å²) in [5.74, 6) is -0.912. The largest absolute Gasteiger partial charge is 0.325 e. The van der Waals surface area contributed by atoms with E-state index >= 15 is 0 Å². The lowest BCUT2D eigenvalue weighted by atomic mass is 10.1. The second-order valence-electron chi connectivity index (χ2n) is 4.75. The molecular formula is C15H11Cl2N3O4. The van der Waals surface area contributed by atoms with Gasteiger partial charge in [0.1, 0.15) is 0 Å². The molecule has 2 rings (SSSR count). The van der Waals surface area contributed by atoms with Gasteiger partial charge in [0.05, 0.1) is 26.9 Å². The monoisotopic (exact) mass is 367 g/mol. The van der Waals surface area contributed by atoms with Crippen molar-refractivity contribution in [2.24, 2.45) is 0 Å². The predicted molar refractivity (Wildman–Crippen MR) is 91.8 cm³/mol. The molecule has 7 nitrogen and oxygen atoms in total. The molecule has 2 amide bonds. The number of non-ortho nitro benzene ring substituents is 1. The highest BCUT2D eigenvalue weighted by Crippen LogP contribution is 2.28. The molecule has 2 aromatic rings. The summed E-state index contributed by atoms with van der Waals surface area (Å²) < 4.78 is 0. The number of nitro benzene ring substituents is 1. The highest BCUT2D eigenvalue weighted by Gasteiger charge is 2.16. The summed E-state index contributed by atoms with van der Waals surface area (Å²) in [6.45, 7) is 1.33. The van der Waals surface area contributed by atoms with Crippen LogP contribution in [0, 0.1) is 10.1 Å². The summed E-state index contributed by atoms with van der Waals surface area (Å²) in [5, 5.41) is 16.1. The zero-order valence-corrected chi connectivity index (χ0v) is 13.8. The lowest BCUT2D eigenvalue weighted by molar-refractivity contribution is -0.384. The number of benzene rings is 2. The van der Waals surface area contributed by atoms with Gasteiger partial charge in [0.15, 0.2) is 0 Å². The van der Waals surface area contributed by atoms with Crippen LogP contribution in [-0.4, -0.2) is 16.7 Å². The molecule has 0 saturated carbocycles. The van der Waals surface area contributed by atoms with E-state index in [1.165, 1.54) is 31.2 Å². The van der Waals surface area contributed by atoms with Gasteiger partial charge < -0.3 is 10.6 Å². The average molecular weight is 368 g/mol. The van der Waals surface area contributed by atoms with E-state index < -0.39 is 10.8 Å². The first-order chi connectivity index (χ1) is 11.3. The minimum absolute atomic E-state index is 0.0519. The molecule has 0 heterocycles. The number of nitrogens with one attached hydrogen (secondary N) is 2. The van der Waals surface area contributed by atoms with Gasteiger partial charge in [0.2, 0.25) is 5.91 Å². The lowest BCUT2D eigenvalue weighted by Gasteiger charge is -2.12. The zero-order valence-electron chi connectivity index (χ0n) is 12.3. The summed E-state index contributed by atoms with van der Waals surface area (Å²) in [6, 6.07) is 8.07. The summed E-state index contributed by atoms with van der Waals surface area (Å²) in [4.78, 5) is 33.7. The van der Waals surface area contributed by atoms with Crippen LogP contribution in [0.2, 0.25) is 10.0 Å². The van der Waals surface area contributed by atoms with Gasteiger partial charge in [-0.3, -0.25) is 19.7 Å². The topological polar surface area (TPSA) is 101 Å². The van der Waals surface area contributed by atoms with Gasteiger partial charge in [-0.05, 0) is 24.3 Å². The molecule has 0 atom stereocenters. The van der Waals surface area contributed by atoms with Crippen molar-refractivity contribution in [1.82, 2.24) is 0 Å². The molecule has 0 radical (unpaired) electrons. The number of carbonyl (C=O) groups is 2. The number of hydrogen-bond acceptors (Lipinski definition) is 4. The van der Waals surface area contributed by atoms with Crippen LogP contribution in [-0.2, 0) is 4.79 Å². The van der Waals surface area contributed by atoms with Crippen molar-refractivity contribution in [3.8, 4) is 0 Å². The number of nitrogens with zero attached hydrogens (tertiary/aromatic N) is 1. The van der Waals surface area contributed by atoms with Crippen LogP contribution < -0.4 is 10.6 Å². The number of anilines is 2. The van der Waals surface area contributed by atoms with Crippen LogP contribution in [0.1, 0.15) is 17.3 Å². The molecule has 0 aliphatic rings. The zero-order chi connectivity index (χ0) is 17.9. The fourth-order valence-corrected chi connectivity index (χ4v) is 2.34. The maximum Gasteiger partial charge on any atom is 0.270 e. The Hall–Kier alpha value is -2.64. The predicted octanol–water partition coefficient (Wildman–Crippen LogP) is 4.11. The third-order valence-corrected chi connectivity index (χ3v) is 3.50. The number of rotatable bonds is 4. The first-order valence-corrected chi connectivity index (χ1v) is 7.36. The van der Waals surface area contributed by atoms with Crippen molar-refractivity contribution >= 4 is 52.1 Å². The molecular weight excluding hydrogens is 357 g/mol. The Morgan fingerprint density at radius 2 is 1.75 bits per heavy atom. The molecule has 0 unspecified atom stereocenters. The summed E-state index contributed by atoms with van der Waals surface area (Å²) in [5.41, 5.74) is 0.463. The maximum absolute atomic E-state index is 12.3. The minimum Gasteiger partial charge on any atom is -0.325 e. The van der Waals surface area contributed by atoms with Crippen molar-refractivity contribution < 1.29 is 14.5 Å². The number of carbonyl (C=O) groups excluding carboxylic acids is 2. The van der Waals surface area contributed by atoms with E-state index in [9.17, 15) is 19.7 Å². The summed E-state index contributed by atoms with van der Waals surface area (Å²) >= 11 is 11.8. The Balaban J connectivity index is 2.31. The van der Waals surface area contributed by atoms with Crippen molar-refractivity contribution in [2.75, 3.05) is 10.6 Å². The second kappa shape index (κ2) is 7.29. The molecule has 0 aromatic heterocycles. The van der Waals surface area contributed by atoms with E-state index in [-0.39, 0.29) is 27.9 Å². The van der Waals surface area contributed by atoms with Crippen molar-refractivity contribution in [1.29, 1.82) is 0 Å². The number of nitro groups is 1. The maximum atomic E-state index is 12.3. The molecule has 9 heteroatoms. The van der Waals surface area contributed by atoms with Crippen LogP contribution in [0.5, 0.6) is 0 Å². The van der Waals surface area contributed by atoms with Crippen LogP contribution >= 0.6 is 23.2 Å². The average Bonchev–Trinajstić information content (AvgIpc) is 2.49. The second-order valence-corrected chi connectivity index (χ2v) is 5.59. The Morgan fingerprint density at radius 1 is 1.04 bits per heavy atom.